The van der Waals surface area contributed by atoms with Crippen LogP contribution in [0.3, 0.4) is 0 Å². The van der Waals surface area contributed by atoms with Gasteiger partial charge >= 0.3 is 0 Å². The molecule has 0 radical (unpaired) electrons. The number of fused-ring (bicyclic) bond motifs is 1. The third-order valence-corrected chi connectivity index (χ3v) is 6.80. The molecule has 1 N–H and O–H groups in total. The zero-order chi connectivity index (χ0) is 26.1. The largest absolute Gasteiger partial charge is 0.490 e. The summed E-state index contributed by atoms with van der Waals surface area (Å²) < 4.78 is 5.53. The Kier molecular flexibility index (Phi) is 6.47. The van der Waals surface area contributed by atoms with Crippen LogP contribution in [0.4, 0.5) is 5.69 Å². The van der Waals surface area contributed by atoms with Gasteiger partial charge in [0.15, 0.2) is 0 Å². The second kappa shape index (κ2) is 9.88. The number of piperidine rings is 1. The molecule has 0 spiro atoms. The molecule has 3 aliphatic heterocycles. The fourth-order valence-electron chi connectivity index (χ4n) is 4.97. The number of nitrogens with one attached hydrogen (secondary N) is 1. The number of carbonyl (C=O) groups is 5. The van der Waals surface area contributed by atoms with Crippen LogP contribution in [-0.2, 0) is 9.59 Å². The van der Waals surface area contributed by atoms with E-state index in [0.29, 0.717) is 49.8 Å². The summed E-state index contributed by atoms with van der Waals surface area (Å²) in [5, 5.41) is 2.21. The molecule has 5 rings (SSSR count). The topological polar surface area (TPSA) is 116 Å². The summed E-state index contributed by atoms with van der Waals surface area (Å²) in [6.45, 7) is 5.77. The van der Waals surface area contributed by atoms with Crippen molar-refractivity contribution in [3.05, 3.63) is 71.8 Å². The van der Waals surface area contributed by atoms with Gasteiger partial charge < -0.3 is 14.5 Å². The van der Waals surface area contributed by atoms with Crippen LogP contribution in [0.2, 0.25) is 0 Å². The van der Waals surface area contributed by atoms with Gasteiger partial charge in [-0.3, -0.25) is 34.2 Å². The molecule has 2 aromatic rings. The van der Waals surface area contributed by atoms with Gasteiger partial charge in [0.05, 0.1) is 16.8 Å². The molecule has 0 bridgehead atoms. The molecule has 1 unspecified atom stereocenters. The molecule has 2 saturated heterocycles. The predicted molar refractivity (Wildman–Crippen MR) is 133 cm³/mol. The van der Waals surface area contributed by atoms with Crippen molar-refractivity contribution in [2.24, 2.45) is 0 Å². The fourth-order valence-corrected chi connectivity index (χ4v) is 4.97. The second-order valence-electron chi connectivity index (χ2n) is 9.05. The van der Waals surface area contributed by atoms with Crippen molar-refractivity contribution in [3.63, 3.8) is 0 Å². The van der Waals surface area contributed by atoms with Crippen LogP contribution in [0.1, 0.15) is 43.9 Å². The third kappa shape index (κ3) is 4.46. The molecule has 2 fully saturated rings. The molecular weight excluding hydrogens is 476 g/mol. The third-order valence-electron chi connectivity index (χ3n) is 6.80. The Balaban J connectivity index is 1.30. The number of hydrogen-bond donors (Lipinski definition) is 1. The highest BCUT2D eigenvalue weighted by atomic mass is 16.5. The molecule has 2 aromatic carbocycles. The minimum Gasteiger partial charge on any atom is -0.490 e. The van der Waals surface area contributed by atoms with E-state index in [4.69, 9.17) is 4.74 Å². The van der Waals surface area contributed by atoms with E-state index in [0.717, 1.165) is 4.90 Å². The lowest BCUT2D eigenvalue weighted by atomic mass is 10.0. The van der Waals surface area contributed by atoms with Crippen molar-refractivity contribution in [2.45, 2.75) is 18.9 Å². The van der Waals surface area contributed by atoms with E-state index in [1.54, 1.807) is 53.4 Å². The number of imide groups is 2. The van der Waals surface area contributed by atoms with E-state index in [2.05, 4.69) is 11.9 Å². The quantitative estimate of drug-likeness (QED) is 0.471. The van der Waals surface area contributed by atoms with E-state index < -0.39 is 29.7 Å². The number of rotatable bonds is 6. The second-order valence-corrected chi connectivity index (χ2v) is 9.05. The highest BCUT2D eigenvalue weighted by molar-refractivity contribution is 6.25. The Bertz CT molecular complexity index is 1310. The lowest BCUT2D eigenvalue weighted by Crippen LogP contribution is -2.54. The number of piperazine rings is 1. The maximum absolute atomic E-state index is 13.4. The van der Waals surface area contributed by atoms with Gasteiger partial charge in [0.2, 0.25) is 11.8 Å². The molecule has 10 heteroatoms. The van der Waals surface area contributed by atoms with E-state index in [1.165, 1.54) is 0 Å². The van der Waals surface area contributed by atoms with Gasteiger partial charge in [0.25, 0.3) is 17.7 Å². The SMILES string of the molecule is C=CCOc1cccc(C(=O)N2CCN(c3cccc4c3C(=O)N(C3CCC(=O)NC3=O)C4=O)CC2)c1. The standard InChI is InChI=1S/C27H26N4O6/c1-2-15-37-18-6-3-5-17(16-18)25(34)30-13-11-29(12-14-30)20-8-4-7-19-23(20)27(36)31(26(19)35)21-9-10-22(32)28-24(21)33/h2-8,16,21H,1,9-15H2,(H,28,32,33). The summed E-state index contributed by atoms with van der Waals surface area (Å²) in [4.78, 5) is 68.2. The summed E-state index contributed by atoms with van der Waals surface area (Å²) >= 11 is 0. The van der Waals surface area contributed by atoms with Crippen LogP contribution in [-0.4, -0.2) is 78.2 Å². The lowest BCUT2D eigenvalue weighted by molar-refractivity contribution is -0.136. The Morgan fingerprint density at radius 3 is 2.51 bits per heavy atom. The Morgan fingerprint density at radius 2 is 1.78 bits per heavy atom. The van der Waals surface area contributed by atoms with Crippen molar-refractivity contribution >= 4 is 35.2 Å². The molecule has 5 amide bonds. The van der Waals surface area contributed by atoms with Crippen molar-refractivity contribution in [1.29, 1.82) is 0 Å². The summed E-state index contributed by atoms with van der Waals surface area (Å²) in [7, 11) is 0. The molecule has 0 aliphatic carbocycles. The zero-order valence-electron chi connectivity index (χ0n) is 20.1. The molecule has 0 saturated carbocycles. The summed E-state index contributed by atoms with van der Waals surface area (Å²) in [6, 6.07) is 11.0. The van der Waals surface area contributed by atoms with Crippen molar-refractivity contribution in [1.82, 2.24) is 15.1 Å². The van der Waals surface area contributed by atoms with Crippen LogP contribution in [0.15, 0.2) is 55.1 Å². The zero-order valence-corrected chi connectivity index (χ0v) is 20.1. The molecule has 3 heterocycles. The van der Waals surface area contributed by atoms with Crippen LogP contribution >= 0.6 is 0 Å². The number of anilines is 1. The number of carbonyl (C=O) groups excluding carboxylic acids is 5. The summed E-state index contributed by atoms with van der Waals surface area (Å²) in [5.41, 5.74) is 1.61. The lowest BCUT2D eigenvalue weighted by Gasteiger charge is -2.37. The number of ether oxygens (including phenoxy) is 1. The first-order chi connectivity index (χ1) is 17.9. The smallest absolute Gasteiger partial charge is 0.264 e. The molecule has 37 heavy (non-hydrogen) atoms. The van der Waals surface area contributed by atoms with Gasteiger partial charge in [0.1, 0.15) is 18.4 Å². The molecule has 190 valence electrons. The maximum atomic E-state index is 13.4. The van der Waals surface area contributed by atoms with Gasteiger partial charge in [-0.15, -0.1) is 0 Å². The monoisotopic (exact) mass is 502 g/mol. The van der Waals surface area contributed by atoms with E-state index in [-0.39, 0.29) is 29.9 Å². The van der Waals surface area contributed by atoms with E-state index in [9.17, 15) is 24.0 Å². The van der Waals surface area contributed by atoms with Crippen LogP contribution < -0.4 is 15.0 Å². The highest BCUT2D eigenvalue weighted by Gasteiger charge is 2.46. The number of amides is 5. The van der Waals surface area contributed by atoms with Gasteiger partial charge in [-0.25, -0.2) is 0 Å². The number of hydrogen-bond acceptors (Lipinski definition) is 7. The maximum Gasteiger partial charge on any atom is 0.264 e. The van der Waals surface area contributed by atoms with Crippen LogP contribution in [0, 0.1) is 0 Å². The first kappa shape index (κ1) is 24.2. The molecule has 3 aliphatic rings. The first-order valence-electron chi connectivity index (χ1n) is 12.1. The van der Waals surface area contributed by atoms with E-state index >= 15 is 0 Å². The fraction of sp³-hybridized carbons (Fsp3) is 0.296. The summed E-state index contributed by atoms with van der Waals surface area (Å²) in [6.07, 6.45) is 1.80. The van der Waals surface area contributed by atoms with Gasteiger partial charge in [0, 0.05) is 38.2 Å². The Labute approximate surface area is 213 Å². The Hall–Kier alpha value is -4.47. The number of nitrogens with zero attached hydrogens (tertiary/aromatic N) is 3. The van der Waals surface area contributed by atoms with Crippen molar-refractivity contribution in [2.75, 3.05) is 37.7 Å². The van der Waals surface area contributed by atoms with Crippen LogP contribution in [0.5, 0.6) is 5.75 Å². The van der Waals surface area contributed by atoms with Crippen LogP contribution in [0.25, 0.3) is 0 Å². The first-order valence-corrected chi connectivity index (χ1v) is 12.1. The minimum absolute atomic E-state index is 0.0654. The van der Waals surface area contributed by atoms with Gasteiger partial charge in [-0.2, -0.15) is 0 Å². The van der Waals surface area contributed by atoms with E-state index in [1.807, 2.05) is 4.90 Å². The normalized spacial score (nSPS) is 19.6. The predicted octanol–water partition coefficient (Wildman–Crippen LogP) is 1.61. The average Bonchev–Trinajstić information content (AvgIpc) is 3.17. The Morgan fingerprint density at radius 1 is 1.03 bits per heavy atom. The number of benzene rings is 2. The molecular formula is C27H26N4O6. The molecule has 1 atom stereocenters. The van der Waals surface area contributed by atoms with Gasteiger partial charge in [-0.1, -0.05) is 24.8 Å². The molecule has 10 nitrogen and oxygen atoms in total. The van der Waals surface area contributed by atoms with Crippen molar-refractivity contribution < 1.29 is 28.7 Å². The van der Waals surface area contributed by atoms with Gasteiger partial charge in [-0.05, 0) is 36.8 Å². The average molecular weight is 503 g/mol. The highest BCUT2D eigenvalue weighted by Crippen LogP contribution is 2.34. The van der Waals surface area contributed by atoms with Crippen molar-refractivity contribution in [3.8, 4) is 5.75 Å². The minimum atomic E-state index is -1.02. The summed E-state index contributed by atoms with van der Waals surface area (Å²) in [5.74, 6) is -1.66. The molecule has 0 aromatic heterocycles.